The van der Waals surface area contributed by atoms with Crippen molar-refractivity contribution in [2.45, 2.75) is 71.9 Å². The Morgan fingerprint density at radius 1 is 1.15 bits per heavy atom. The van der Waals surface area contributed by atoms with Gasteiger partial charge in [-0.3, -0.25) is 5.32 Å². The highest BCUT2D eigenvalue weighted by molar-refractivity contribution is 5.99. The van der Waals surface area contributed by atoms with E-state index in [4.69, 9.17) is 25.3 Å². The van der Waals surface area contributed by atoms with Crippen LogP contribution < -0.4 is 5.32 Å². The van der Waals surface area contributed by atoms with Crippen molar-refractivity contribution in [2.24, 2.45) is 0 Å². The van der Waals surface area contributed by atoms with E-state index in [1.165, 1.54) is 0 Å². The summed E-state index contributed by atoms with van der Waals surface area (Å²) >= 11 is 0. The molecule has 3 aliphatic rings. The highest BCUT2D eigenvalue weighted by Gasteiger charge is 2.36. The fourth-order valence-electron chi connectivity index (χ4n) is 5.25. The zero-order valence-corrected chi connectivity index (χ0v) is 24.2. The highest BCUT2D eigenvalue weighted by atomic mass is 16.6. The van der Waals surface area contributed by atoms with Gasteiger partial charge < -0.3 is 18.5 Å². The zero-order chi connectivity index (χ0) is 29.3. The zero-order valence-electron chi connectivity index (χ0n) is 24.2. The van der Waals surface area contributed by atoms with Gasteiger partial charge >= 0.3 is 12.1 Å². The van der Waals surface area contributed by atoms with Crippen LogP contribution in [0.25, 0.3) is 22.3 Å². The molecule has 1 fully saturated rings. The number of terminal acetylenes is 1. The maximum atomic E-state index is 13.3. The van der Waals surface area contributed by atoms with E-state index in [0.717, 1.165) is 52.2 Å². The Hall–Kier alpha value is -4.51. The summed E-state index contributed by atoms with van der Waals surface area (Å²) in [5.74, 6) is 3.55. The number of carbonyl (C=O) groups excluding carboxylic acids is 2. The van der Waals surface area contributed by atoms with Crippen molar-refractivity contribution in [1.29, 1.82) is 0 Å². The number of imidazole rings is 1. The van der Waals surface area contributed by atoms with Crippen molar-refractivity contribution in [3.05, 3.63) is 71.2 Å². The number of carbonyl (C=O) groups is 2. The standard InChI is InChI=1S/C33H35N3O5/c1-7-21-25-19-39-17-16-22(25)24(28(21)23-12-10-11-13-26(23)34-32(38)41-33(4,5)6)18-36-27(8-2)35-29(20-14-15-20)30(36)31(37)40-9-3/h1,10-13,16-17,19-20H,8-9,14-15,18H2,2-6H3,(H,34,38). The summed E-state index contributed by atoms with van der Waals surface area (Å²) in [5, 5.41) is 2.90. The third-order valence-electron chi connectivity index (χ3n) is 7.05. The quantitative estimate of drug-likeness (QED) is 0.183. The molecule has 0 atom stereocenters. The van der Waals surface area contributed by atoms with Crippen LogP contribution >= 0.6 is 0 Å². The third-order valence-corrected chi connectivity index (χ3v) is 7.05. The van der Waals surface area contributed by atoms with E-state index in [-0.39, 0.29) is 18.5 Å². The molecule has 41 heavy (non-hydrogen) atoms. The Bertz CT molecular complexity index is 1610. The minimum absolute atomic E-state index is 0.260. The molecular weight excluding hydrogens is 518 g/mol. The summed E-state index contributed by atoms with van der Waals surface area (Å²) in [6.07, 6.45) is 11.4. The summed E-state index contributed by atoms with van der Waals surface area (Å²) in [5.41, 5.74) is 5.88. The fraction of sp³-hybridized carbons (Fsp3) is 0.364. The molecule has 1 amide bonds. The molecule has 0 saturated heterocycles. The van der Waals surface area contributed by atoms with Crippen molar-refractivity contribution >= 4 is 17.7 Å². The lowest BCUT2D eigenvalue weighted by Gasteiger charge is -2.21. The van der Waals surface area contributed by atoms with Crippen molar-refractivity contribution in [2.75, 3.05) is 11.9 Å². The van der Waals surface area contributed by atoms with Gasteiger partial charge in [0.25, 0.3) is 0 Å². The summed E-state index contributed by atoms with van der Waals surface area (Å²) in [6, 6.07) is 9.35. The summed E-state index contributed by atoms with van der Waals surface area (Å²) in [7, 11) is 0. The molecule has 0 spiro atoms. The number of rotatable bonds is 8. The lowest BCUT2D eigenvalue weighted by molar-refractivity contribution is 0.0511. The minimum atomic E-state index is -0.661. The number of ether oxygens (including phenoxy) is 2. The second kappa shape index (κ2) is 11.2. The predicted octanol–water partition coefficient (Wildman–Crippen LogP) is 7.24. The summed E-state index contributed by atoms with van der Waals surface area (Å²) in [6.45, 7) is 9.87. The van der Waals surface area contributed by atoms with Gasteiger partial charge in [0, 0.05) is 34.6 Å². The van der Waals surface area contributed by atoms with Crippen LogP contribution in [0.4, 0.5) is 10.5 Å². The number of nitrogens with one attached hydrogen (secondary N) is 1. The van der Waals surface area contributed by atoms with Gasteiger partial charge in [0.05, 0.1) is 37.1 Å². The van der Waals surface area contributed by atoms with Crippen molar-refractivity contribution in [1.82, 2.24) is 9.55 Å². The number of nitrogens with zero attached hydrogens (tertiary/aromatic N) is 2. The number of benzene rings is 1. The topological polar surface area (TPSA) is 95.6 Å². The number of hydrogen-bond donors (Lipinski definition) is 1. The average Bonchev–Trinajstić information content (AvgIpc) is 3.64. The van der Waals surface area contributed by atoms with E-state index in [9.17, 15) is 9.59 Å². The molecule has 0 unspecified atom stereocenters. The Kier molecular flexibility index (Phi) is 7.63. The third kappa shape index (κ3) is 5.58. The van der Waals surface area contributed by atoms with Gasteiger partial charge in [-0.25, -0.2) is 14.6 Å². The summed E-state index contributed by atoms with van der Waals surface area (Å²) < 4.78 is 18.5. The Labute approximate surface area is 240 Å². The molecule has 1 saturated carbocycles. The average molecular weight is 554 g/mol. The highest BCUT2D eigenvalue weighted by Crippen LogP contribution is 2.46. The van der Waals surface area contributed by atoms with E-state index < -0.39 is 11.7 Å². The van der Waals surface area contributed by atoms with Crippen LogP contribution in [0.15, 0.2) is 47.3 Å². The van der Waals surface area contributed by atoms with E-state index >= 15 is 0 Å². The molecule has 5 rings (SSSR count). The Balaban J connectivity index is 1.71. The smallest absolute Gasteiger partial charge is 0.412 e. The first kappa shape index (κ1) is 28.0. The van der Waals surface area contributed by atoms with E-state index in [0.29, 0.717) is 29.9 Å². The van der Waals surface area contributed by atoms with Crippen molar-refractivity contribution in [3.63, 3.8) is 0 Å². The number of fused-ring (bicyclic) bond motifs is 1. The minimum Gasteiger partial charge on any atom is -0.472 e. The molecule has 2 aromatic rings. The maximum absolute atomic E-state index is 13.3. The van der Waals surface area contributed by atoms with Gasteiger partial charge in [0.2, 0.25) is 0 Å². The molecule has 212 valence electrons. The van der Waals surface area contributed by atoms with Gasteiger partial charge in [-0.1, -0.05) is 31.0 Å². The second-order valence-corrected chi connectivity index (χ2v) is 11.1. The van der Waals surface area contributed by atoms with Gasteiger partial charge in [-0.15, -0.1) is 6.42 Å². The molecule has 8 heteroatoms. The van der Waals surface area contributed by atoms with Crippen LogP contribution in [0.5, 0.6) is 0 Å². The number of aryl methyl sites for hydroxylation is 1. The lowest BCUT2D eigenvalue weighted by Crippen LogP contribution is -2.27. The Morgan fingerprint density at radius 2 is 1.90 bits per heavy atom. The monoisotopic (exact) mass is 553 g/mol. The first-order chi connectivity index (χ1) is 19.7. The van der Waals surface area contributed by atoms with Crippen LogP contribution in [-0.4, -0.2) is 33.8 Å². The maximum Gasteiger partial charge on any atom is 0.412 e. The number of hydrogen-bond acceptors (Lipinski definition) is 6. The normalized spacial score (nSPS) is 13.2. The van der Waals surface area contributed by atoms with Crippen molar-refractivity contribution in [3.8, 4) is 34.6 Å². The van der Waals surface area contributed by atoms with Crippen molar-refractivity contribution < 1.29 is 23.5 Å². The SMILES string of the molecule is C#Cc1c2coccc-2c(Cn2c(CC)nc(C3CC3)c2C(=O)OCC)c1-c1ccccc1NC(=O)OC(C)(C)C. The molecule has 1 N–H and O–H groups in total. The predicted molar refractivity (Wildman–Crippen MR) is 157 cm³/mol. The van der Waals surface area contributed by atoms with E-state index in [2.05, 4.69) is 11.2 Å². The van der Waals surface area contributed by atoms with Crippen LogP contribution in [0.2, 0.25) is 0 Å². The van der Waals surface area contributed by atoms with Crippen LogP contribution in [-0.2, 0) is 22.4 Å². The van der Waals surface area contributed by atoms with Gasteiger partial charge in [-0.05, 0) is 63.8 Å². The lowest BCUT2D eigenvalue weighted by atomic mass is 9.98. The molecule has 0 bridgehead atoms. The molecule has 1 aromatic heterocycles. The number of amides is 1. The van der Waals surface area contributed by atoms with Gasteiger partial charge in [0.15, 0.2) is 5.69 Å². The van der Waals surface area contributed by atoms with Gasteiger partial charge in [-0.2, -0.15) is 0 Å². The van der Waals surface area contributed by atoms with Crippen LogP contribution in [0, 0.1) is 12.3 Å². The molecule has 2 aliphatic carbocycles. The molecule has 1 aliphatic heterocycles. The summed E-state index contributed by atoms with van der Waals surface area (Å²) in [4.78, 5) is 31.0. The van der Waals surface area contributed by atoms with E-state index in [1.54, 1.807) is 19.5 Å². The molecule has 2 heterocycles. The second-order valence-electron chi connectivity index (χ2n) is 11.1. The number of esters is 1. The number of anilines is 1. The van der Waals surface area contributed by atoms with Crippen LogP contribution in [0.3, 0.4) is 0 Å². The fourth-order valence-corrected chi connectivity index (χ4v) is 5.25. The van der Waals surface area contributed by atoms with Crippen LogP contribution in [0.1, 0.15) is 86.5 Å². The number of para-hydroxylation sites is 1. The number of aromatic nitrogens is 2. The first-order valence-corrected chi connectivity index (χ1v) is 14.0. The molecule has 1 aromatic carbocycles. The Morgan fingerprint density at radius 3 is 2.56 bits per heavy atom. The van der Waals surface area contributed by atoms with Gasteiger partial charge in [0.1, 0.15) is 11.4 Å². The largest absolute Gasteiger partial charge is 0.472 e. The first-order valence-electron chi connectivity index (χ1n) is 14.0. The molecule has 0 radical (unpaired) electrons. The van der Waals surface area contributed by atoms with E-state index in [1.807, 2.05) is 62.6 Å². The molecule has 8 nitrogen and oxygen atoms in total. The molecular formula is C33H35N3O5.